The fraction of sp³-hybridized carbons (Fsp3) is 0.286. The monoisotopic (exact) mass is 277 g/mol. The van der Waals surface area contributed by atoms with E-state index in [1.54, 1.807) is 0 Å². The summed E-state index contributed by atoms with van der Waals surface area (Å²) in [4.78, 5) is 16.1. The normalized spacial score (nSPS) is 10.4. The zero-order valence-electron chi connectivity index (χ0n) is 10.8. The Bertz CT molecular complexity index is 592. The van der Waals surface area contributed by atoms with Crippen LogP contribution in [0.25, 0.3) is 10.4 Å². The summed E-state index contributed by atoms with van der Waals surface area (Å²) >= 11 is 1.42. The van der Waals surface area contributed by atoms with Crippen molar-refractivity contribution < 1.29 is 14.6 Å². The van der Waals surface area contributed by atoms with E-state index < -0.39 is 5.97 Å². The molecule has 0 radical (unpaired) electrons. The summed E-state index contributed by atoms with van der Waals surface area (Å²) in [5.41, 5.74) is 0.955. The standard InChI is InChI=1S/C14H15NO3S/c1-3-11-15-12(14(16)17)13(19-11)9-6-5-7-10(8-9)18-4-2/h5-8H,3-4H2,1-2H3,(H,16,17). The van der Waals surface area contributed by atoms with Crippen LogP contribution in [0.2, 0.25) is 0 Å². The molecule has 2 rings (SSSR count). The van der Waals surface area contributed by atoms with Crippen LogP contribution in [0.5, 0.6) is 5.75 Å². The first kappa shape index (κ1) is 13.5. The van der Waals surface area contributed by atoms with Crippen molar-refractivity contribution in [1.29, 1.82) is 0 Å². The number of hydrogen-bond donors (Lipinski definition) is 1. The number of carboxylic acids is 1. The van der Waals surface area contributed by atoms with E-state index in [9.17, 15) is 9.90 Å². The molecule has 0 bridgehead atoms. The van der Waals surface area contributed by atoms with Gasteiger partial charge in [0.1, 0.15) is 5.75 Å². The minimum atomic E-state index is -0.993. The van der Waals surface area contributed by atoms with Gasteiger partial charge in [-0.05, 0) is 31.0 Å². The fourth-order valence-corrected chi connectivity index (χ4v) is 2.74. The molecule has 0 aliphatic heterocycles. The van der Waals surface area contributed by atoms with Crippen molar-refractivity contribution in [2.75, 3.05) is 6.61 Å². The van der Waals surface area contributed by atoms with Gasteiger partial charge in [-0.15, -0.1) is 11.3 Å². The number of rotatable bonds is 5. The summed E-state index contributed by atoms with van der Waals surface area (Å²) in [7, 11) is 0. The van der Waals surface area contributed by atoms with Crippen molar-refractivity contribution >= 4 is 17.3 Å². The summed E-state index contributed by atoms with van der Waals surface area (Å²) in [5, 5.41) is 10.0. The third-order valence-electron chi connectivity index (χ3n) is 2.58. The van der Waals surface area contributed by atoms with E-state index in [1.165, 1.54) is 11.3 Å². The molecule has 0 amide bonds. The Morgan fingerprint density at radius 1 is 1.42 bits per heavy atom. The number of carbonyl (C=O) groups is 1. The van der Waals surface area contributed by atoms with Crippen LogP contribution in [0.1, 0.15) is 29.3 Å². The highest BCUT2D eigenvalue weighted by atomic mass is 32.1. The quantitative estimate of drug-likeness (QED) is 0.909. The average Bonchev–Trinajstić information content (AvgIpc) is 2.84. The molecule has 100 valence electrons. The van der Waals surface area contributed by atoms with Gasteiger partial charge in [-0.3, -0.25) is 0 Å². The number of benzene rings is 1. The van der Waals surface area contributed by atoms with Crippen LogP contribution in [-0.2, 0) is 6.42 Å². The van der Waals surface area contributed by atoms with Crippen LogP contribution in [0, 0.1) is 0 Å². The van der Waals surface area contributed by atoms with Crippen LogP contribution in [0.3, 0.4) is 0 Å². The van der Waals surface area contributed by atoms with Gasteiger partial charge in [0.15, 0.2) is 5.69 Å². The minimum Gasteiger partial charge on any atom is -0.494 e. The molecule has 0 unspecified atom stereocenters. The molecule has 0 saturated heterocycles. The maximum absolute atomic E-state index is 11.2. The smallest absolute Gasteiger partial charge is 0.356 e. The first-order valence-corrected chi connectivity index (χ1v) is 6.93. The molecule has 1 aromatic carbocycles. The Morgan fingerprint density at radius 2 is 2.21 bits per heavy atom. The van der Waals surface area contributed by atoms with Crippen molar-refractivity contribution in [1.82, 2.24) is 4.98 Å². The van der Waals surface area contributed by atoms with Gasteiger partial charge in [0.2, 0.25) is 0 Å². The Balaban J connectivity index is 2.48. The molecule has 0 atom stereocenters. The summed E-state index contributed by atoms with van der Waals surface area (Å²) in [6.45, 7) is 4.46. The maximum Gasteiger partial charge on any atom is 0.356 e. The molecule has 19 heavy (non-hydrogen) atoms. The zero-order valence-corrected chi connectivity index (χ0v) is 11.7. The molecule has 1 heterocycles. The molecule has 5 heteroatoms. The third kappa shape index (κ3) is 2.93. The topological polar surface area (TPSA) is 59.4 Å². The first-order valence-electron chi connectivity index (χ1n) is 6.12. The van der Waals surface area contributed by atoms with Gasteiger partial charge in [-0.25, -0.2) is 9.78 Å². The van der Waals surface area contributed by atoms with E-state index >= 15 is 0 Å². The van der Waals surface area contributed by atoms with Gasteiger partial charge in [-0.2, -0.15) is 0 Å². The Morgan fingerprint density at radius 3 is 2.84 bits per heavy atom. The lowest BCUT2D eigenvalue weighted by molar-refractivity contribution is 0.0692. The summed E-state index contributed by atoms with van der Waals surface area (Å²) in [6.07, 6.45) is 0.732. The number of carboxylic acid groups (broad SMARTS) is 1. The van der Waals surface area contributed by atoms with Gasteiger partial charge in [0.05, 0.1) is 16.5 Å². The predicted molar refractivity (Wildman–Crippen MR) is 75.1 cm³/mol. The summed E-state index contributed by atoms with van der Waals surface area (Å²) in [6, 6.07) is 7.44. The number of aryl methyl sites for hydroxylation is 1. The molecule has 1 N–H and O–H groups in total. The lowest BCUT2D eigenvalue weighted by Crippen LogP contribution is -1.99. The van der Waals surface area contributed by atoms with E-state index in [-0.39, 0.29) is 5.69 Å². The van der Waals surface area contributed by atoms with Crippen molar-refractivity contribution in [3.8, 4) is 16.2 Å². The Kier molecular flexibility index (Phi) is 4.16. The number of nitrogens with zero attached hydrogens (tertiary/aromatic N) is 1. The fourth-order valence-electron chi connectivity index (χ4n) is 1.75. The van der Waals surface area contributed by atoms with Crippen molar-refractivity contribution in [3.05, 3.63) is 35.0 Å². The van der Waals surface area contributed by atoms with Crippen molar-refractivity contribution in [3.63, 3.8) is 0 Å². The first-order chi connectivity index (χ1) is 9.15. The van der Waals surface area contributed by atoms with Gasteiger partial charge in [0, 0.05) is 0 Å². The second kappa shape index (κ2) is 5.84. The molecule has 0 fully saturated rings. The molecule has 0 saturated carbocycles. The van der Waals surface area contributed by atoms with Gasteiger partial charge >= 0.3 is 5.97 Å². The second-order valence-electron chi connectivity index (χ2n) is 3.90. The van der Waals surface area contributed by atoms with Crippen LogP contribution in [0.15, 0.2) is 24.3 Å². The predicted octanol–water partition coefficient (Wildman–Crippen LogP) is 3.47. The molecule has 4 nitrogen and oxygen atoms in total. The van der Waals surface area contributed by atoms with E-state index in [4.69, 9.17) is 4.74 Å². The lowest BCUT2D eigenvalue weighted by atomic mass is 10.1. The van der Waals surface area contributed by atoms with E-state index in [2.05, 4.69) is 4.98 Å². The Labute approximate surface area is 115 Å². The third-order valence-corrected chi connectivity index (χ3v) is 3.83. The number of aromatic carboxylic acids is 1. The van der Waals surface area contributed by atoms with Crippen LogP contribution in [-0.4, -0.2) is 22.7 Å². The molecular formula is C14H15NO3S. The highest BCUT2D eigenvalue weighted by Crippen LogP contribution is 2.32. The molecule has 0 aliphatic carbocycles. The summed E-state index contributed by atoms with van der Waals surface area (Å²) < 4.78 is 5.44. The maximum atomic E-state index is 11.2. The highest BCUT2D eigenvalue weighted by molar-refractivity contribution is 7.15. The lowest BCUT2D eigenvalue weighted by Gasteiger charge is -2.05. The van der Waals surface area contributed by atoms with E-state index in [0.717, 1.165) is 22.7 Å². The van der Waals surface area contributed by atoms with Crippen molar-refractivity contribution in [2.24, 2.45) is 0 Å². The van der Waals surface area contributed by atoms with E-state index in [1.807, 2.05) is 38.1 Å². The van der Waals surface area contributed by atoms with Gasteiger partial charge in [0.25, 0.3) is 0 Å². The number of thiazole rings is 1. The number of aromatic nitrogens is 1. The highest BCUT2D eigenvalue weighted by Gasteiger charge is 2.18. The number of hydrogen-bond acceptors (Lipinski definition) is 4. The molecule has 0 spiro atoms. The molecule has 1 aromatic heterocycles. The van der Waals surface area contributed by atoms with E-state index in [0.29, 0.717) is 11.5 Å². The zero-order chi connectivity index (χ0) is 13.8. The number of ether oxygens (including phenoxy) is 1. The van der Waals surface area contributed by atoms with Crippen molar-refractivity contribution in [2.45, 2.75) is 20.3 Å². The molecule has 2 aromatic rings. The van der Waals surface area contributed by atoms with Crippen LogP contribution < -0.4 is 4.74 Å². The van der Waals surface area contributed by atoms with Crippen LogP contribution in [0.4, 0.5) is 0 Å². The second-order valence-corrected chi connectivity index (χ2v) is 4.99. The van der Waals surface area contributed by atoms with Gasteiger partial charge < -0.3 is 9.84 Å². The van der Waals surface area contributed by atoms with Crippen LogP contribution >= 0.6 is 11.3 Å². The SMILES string of the molecule is CCOc1cccc(-c2sc(CC)nc2C(=O)O)c1. The molecule has 0 aliphatic rings. The Hall–Kier alpha value is -1.88. The average molecular weight is 277 g/mol. The van der Waals surface area contributed by atoms with Gasteiger partial charge in [-0.1, -0.05) is 19.1 Å². The largest absolute Gasteiger partial charge is 0.494 e. The minimum absolute atomic E-state index is 0.121. The summed E-state index contributed by atoms with van der Waals surface area (Å²) in [5.74, 6) is -0.254. The molecular weight excluding hydrogens is 262 g/mol.